The molecule has 23 heavy (non-hydrogen) atoms. The fourth-order valence-corrected chi connectivity index (χ4v) is 2.42. The average Bonchev–Trinajstić information content (AvgIpc) is 2.78. The Hall–Kier alpha value is -3.22. The highest BCUT2D eigenvalue weighted by Crippen LogP contribution is 2.30. The van der Waals surface area contributed by atoms with Gasteiger partial charge >= 0.3 is 0 Å². The number of ether oxygens (including phenoxy) is 1. The van der Waals surface area contributed by atoms with Crippen molar-refractivity contribution < 1.29 is 19.2 Å². The van der Waals surface area contributed by atoms with E-state index in [1.807, 2.05) is 0 Å². The molecule has 2 amide bonds. The number of benzene rings is 2. The molecule has 0 saturated carbocycles. The fraction of sp³-hybridized carbons (Fsp3) is 0.125. The molecule has 0 saturated heterocycles. The van der Waals surface area contributed by atoms with Crippen LogP contribution in [0.1, 0.15) is 27.6 Å². The van der Waals surface area contributed by atoms with E-state index in [2.05, 4.69) is 0 Å². The number of fused-ring (bicyclic) bond motifs is 1. The molecule has 0 aliphatic carbocycles. The van der Waals surface area contributed by atoms with Crippen molar-refractivity contribution in [2.75, 3.05) is 6.54 Å². The second kappa shape index (κ2) is 5.53. The summed E-state index contributed by atoms with van der Waals surface area (Å²) in [7, 11) is 0. The lowest BCUT2D eigenvalue weighted by Gasteiger charge is -2.08. The average molecular weight is 312 g/mol. The van der Waals surface area contributed by atoms with Crippen LogP contribution in [-0.4, -0.2) is 28.2 Å². The number of nitrogens with zero attached hydrogens (tertiary/aromatic N) is 2. The van der Waals surface area contributed by atoms with Crippen molar-refractivity contribution in [2.24, 2.45) is 0 Å². The van der Waals surface area contributed by atoms with Crippen LogP contribution in [0.4, 0.5) is 5.69 Å². The van der Waals surface area contributed by atoms with Gasteiger partial charge in [0.1, 0.15) is 11.5 Å². The summed E-state index contributed by atoms with van der Waals surface area (Å²) in [6.45, 7) is 2.02. The zero-order valence-electron chi connectivity index (χ0n) is 12.2. The molecule has 0 aromatic heterocycles. The topological polar surface area (TPSA) is 89.8 Å². The molecule has 7 heteroatoms. The molecule has 2 aromatic rings. The van der Waals surface area contributed by atoms with Gasteiger partial charge in [-0.2, -0.15) is 0 Å². The number of hydrogen-bond acceptors (Lipinski definition) is 5. The van der Waals surface area contributed by atoms with Crippen LogP contribution in [0.5, 0.6) is 11.5 Å². The summed E-state index contributed by atoms with van der Waals surface area (Å²) >= 11 is 0. The summed E-state index contributed by atoms with van der Waals surface area (Å²) in [5.74, 6) is -0.0713. The lowest BCUT2D eigenvalue weighted by Crippen LogP contribution is -2.29. The van der Waals surface area contributed by atoms with Gasteiger partial charge in [0.15, 0.2) is 0 Å². The number of imide groups is 1. The Morgan fingerprint density at radius 2 is 1.74 bits per heavy atom. The Balaban J connectivity index is 1.91. The number of hydrogen-bond donors (Lipinski definition) is 0. The molecule has 1 aliphatic rings. The Labute approximate surface area is 131 Å². The number of rotatable bonds is 4. The molecule has 7 nitrogen and oxygen atoms in total. The van der Waals surface area contributed by atoms with E-state index in [4.69, 9.17) is 4.74 Å². The SMILES string of the molecule is CCN1C(=O)c2ccc(Oc3cccc([N+](=O)[O-])c3)cc2C1=O. The molecule has 0 atom stereocenters. The van der Waals surface area contributed by atoms with E-state index < -0.39 is 4.92 Å². The minimum absolute atomic E-state index is 0.0907. The predicted octanol–water partition coefficient (Wildman–Crippen LogP) is 3.00. The summed E-state index contributed by atoms with van der Waals surface area (Å²) in [5, 5.41) is 10.8. The first kappa shape index (κ1) is 14.7. The summed E-state index contributed by atoms with van der Waals surface area (Å²) in [4.78, 5) is 35.6. The van der Waals surface area contributed by atoms with Crippen LogP contribution in [0, 0.1) is 10.1 Å². The van der Waals surface area contributed by atoms with Crippen molar-refractivity contribution >= 4 is 17.5 Å². The van der Waals surface area contributed by atoms with Crippen LogP contribution in [-0.2, 0) is 0 Å². The van der Waals surface area contributed by atoms with Gasteiger partial charge in [-0.1, -0.05) is 6.07 Å². The standard InChI is InChI=1S/C16H12N2O5/c1-2-17-15(19)13-7-6-12(9-14(13)16(17)20)23-11-5-3-4-10(8-11)18(21)22/h3-9H,2H2,1H3. The maximum absolute atomic E-state index is 12.1. The largest absolute Gasteiger partial charge is 0.457 e. The van der Waals surface area contributed by atoms with Gasteiger partial charge in [0, 0.05) is 12.6 Å². The van der Waals surface area contributed by atoms with Crippen molar-refractivity contribution in [3.63, 3.8) is 0 Å². The number of amides is 2. The van der Waals surface area contributed by atoms with E-state index in [1.54, 1.807) is 19.1 Å². The van der Waals surface area contributed by atoms with E-state index in [0.29, 0.717) is 17.9 Å². The normalized spacial score (nSPS) is 13.2. The van der Waals surface area contributed by atoms with Crippen molar-refractivity contribution in [3.05, 3.63) is 63.7 Å². The van der Waals surface area contributed by atoms with Gasteiger partial charge in [-0.25, -0.2) is 0 Å². The Bertz CT molecular complexity index is 831. The fourth-order valence-electron chi connectivity index (χ4n) is 2.42. The first-order valence-corrected chi connectivity index (χ1v) is 6.94. The highest BCUT2D eigenvalue weighted by molar-refractivity contribution is 6.21. The van der Waals surface area contributed by atoms with E-state index in [1.165, 1.54) is 30.3 Å². The maximum atomic E-state index is 12.1. The number of nitro benzene ring substituents is 1. The van der Waals surface area contributed by atoms with E-state index >= 15 is 0 Å². The maximum Gasteiger partial charge on any atom is 0.273 e. The molecule has 0 unspecified atom stereocenters. The van der Waals surface area contributed by atoms with Crippen LogP contribution in [0.25, 0.3) is 0 Å². The van der Waals surface area contributed by atoms with Crippen LogP contribution < -0.4 is 4.74 Å². The summed E-state index contributed by atoms with van der Waals surface area (Å²) in [5.41, 5.74) is 0.523. The third-order valence-electron chi connectivity index (χ3n) is 3.52. The van der Waals surface area contributed by atoms with Gasteiger partial charge in [0.2, 0.25) is 0 Å². The van der Waals surface area contributed by atoms with E-state index in [9.17, 15) is 19.7 Å². The Morgan fingerprint density at radius 1 is 1.04 bits per heavy atom. The molecular weight excluding hydrogens is 300 g/mol. The zero-order valence-corrected chi connectivity index (χ0v) is 12.2. The van der Waals surface area contributed by atoms with Gasteiger partial charge in [0.05, 0.1) is 22.1 Å². The van der Waals surface area contributed by atoms with Crippen molar-refractivity contribution in [3.8, 4) is 11.5 Å². The van der Waals surface area contributed by atoms with Crippen molar-refractivity contribution in [2.45, 2.75) is 6.92 Å². The van der Waals surface area contributed by atoms with Gasteiger partial charge in [-0.05, 0) is 31.2 Å². The van der Waals surface area contributed by atoms with E-state index in [0.717, 1.165) is 4.90 Å². The summed E-state index contributed by atoms with van der Waals surface area (Å²) in [6.07, 6.45) is 0. The predicted molar refractivity (Wildman–Crippen MR) is 80.7 cm³/mol. The number of carbonyl (C=O) groups excluding carboxylic acids is 2. The number of carbonyl (C=O) groups is 2. The van der Waals surface area contributed by atoms with Gasteiger partial charge in [0.25, 0.3) is 17.5 Å². The molecule has 1 aliphatic heterocycles. The van der Waals surface area contributed by atoms with Crippen molar-refractivity contribution in [1.82, 2.24) is 4.90 Å². The second-order valence-corrected chi connectivity index (χ2v) is 4.92. The summed E-state index contributed by atoms with van der Waals surface area (Å²) < 4.78 is 5.56. The molecule has 3 rings (SSSR count). The highest BCUT2D eigenvalue weighted by Gasteiger charge is 2.34. The van der Waals surface area contributed by atoms with Crippen molar-refractivity contribution in [1.29, 1.82) is 0 Å². The third kappa shape index (κ3) is 2.52. The number of nitro groups is 1. The Kier molecular flexibility index (Phi) is 3.53. The lowest BCUT2D eigenvalue weighted by atomic mass is 10.1. The molecule has 2 aromatic carbocycles. The molecule has 0 radical (unpaired) electrons. The molecule has 1 heterocycles. The molecule has 0 N–H and O–H groups in total. The Morgan fingerprint density at radius 3 is 2.43 bits per heavy atom. The smallest absolute Gasteiger partial charge is 0.273 e. The van der Waals surface area contributed by atoms with Gasteiger partial charge in [-0.3, -0.25) is 24.6 Å². The van der Waals surface area contributed by atoms with Gasteiger partial charge < -0.3 is 4.74 Å². The quantitative estimate of drug-likeness (QED) is 0.492. The van der Waals surface area contributed by atoms with Crippen LogP contribution in [0.15, 0.2) is 42.5 Å². The molecule has 0 bridgehead atoms. The van der Waals surface area contributed by atoms with Crippen LogP contribution in [0.2, 0.25) is 0 Å². The lowest BCUT2D eigenvalue weighted by molar-refractivity contribution is -0.384. The second-order valence-electron chi connectivity index (χ2n) is 4.92. The molecule has 0 fully saturated rings. The minimum Gasteiger partial charge on any atom is -0.457 e. The highest BCUT2D eigenvalue weighted by atomic mass is 16.6. The molecule has 0 spiro atoms. The van der Waals surface area contributed by atoms with Crippen LogP contribution in [0.3, 0.4) is 0 Å². The third-order valence-corrected chi connectivity index (χ3v) is 3.52. The first-order valence-electron chi connectivity index (χ1n) is 6.94. The van der Waals surface area contributed by atoms with Crippen LogP contribution >= 0.6 is 0 Å². The molecular formula is C16H12N2O5. The van der Waals surface area contributed by atoms with Gasteiger partial charge in [-0.15, -0.1) is 0 Å². The first-order chi connectivity index (χ1) is 11.0. The number of non-ortho nitro benzene ring substituents is 1. The molecule has 116 valence electrons. The summed E-state index contributed by atoms with van der Waals surface area (Å²) in [6, 6.07) is 10.3. The minimum atomic E-state index is -0.517. The van der Waals surface area contributed by atoms with E-state index in [-0.39, 0.29) is 28.8 Å². The zero-order chi connectivity index (χ0) is 16.6. The monoisotopic (exact) mass is 312 g/mol.